The zero-order valence-corrected chi connectivity index (χ0v) is 16.1. The highest BCUT2D eigenvalue weighted by atomic mass is 16.6. The van der Waals surface area contributed by atoms with Gasteiger partial charge in [0.25, 0.3) is 0 Å². The Morgan fingerprint density at radius 1 is 1.21 bits per heavy atom. The van der Waals surface area contributed by atoms with Gasteiger partial charge in [0.2, 0.25) is 5.91 Å². The van der Waals surface area contributed by atoms with Crippen LogP contribution in [-0.2, 0) is 9.53 Å². The van der Waals surface area contributed by atoms with Gasteiger partial charge in [0.15, 0.2) is 6.23 Å². The lowest BCUT2D eigenvalue weighted by atomic mass is 10.0. The molecule has 1 fully saturated rings. The van der Waals surface area contributed by atoms with E-state index >= 15 is 0 Å². The fourth-order valence-electron chi connectivity index (χ4n) is 3.97. The lowest BCUT2D eigenvalue weighted by Crippen LogP contribution is -2.52. The van der Waals surface area contributed by atoms with Crippen LogP contribution in [0.2, 0.25) is 0 Å². The van der Waals surface area contributed by atoms with Crippen molar-refractivity contribution < 1.29 is 14.3 Å². The molecule has 1 saturated heterocycles. The lowest BCUT2D eigenvalue weighted by Gasteiger charge is -2.41. The zero-order valence-electron chi connectivity index (χ0n) is 16.1. The molecule has 3 heterocycles. The van der Waals surface area contributed by atoms with Crippen LogP contribution in [0.5, 0.6) is 0 Å². The molecule has 8 nitrogen and oxygen atoms in total. The molecular formula is C20H25N5O3. The van der Waals surface area contributed by atoms with Crippen LogP contribution in [0.3, 0.4) is 0 Å². The van der Waals surface area contributed by atoms with Crippen molar-refractivity contribution in [2.24, 2.45) is 0 Å². The second-order valence-corrected chi connectivity index (χ2v) is 7.36. The Labute approximate surface area is 163 Å². The van der Waals surface area contributed by atoms with E-state index in [0.29, 0.717) is 17.9 Å². The summed E-state index contributed by atoms with van der Waals surface area (Å²) in [4.78, 5) is 28.6. The molecule has 0 radical (unpaired) electrons. The minimum atomic E-state index is -0.389. The molecule has 2 unspecified atom stereocenters. The molecule has 2 aliphatic rings. The van der Waals surface area contributed by atoms with E-state index in [2.05, 4.69) is 15.5 Å². The van der Waals surface area contributed by atoms with Crippen molar-refractivity contribution in [3.8, 4) is 11.1 Å². The minimum Gasteiger partial charge on any atom is -0.430 e. The van der Waals surface area contributed by atoms with Gasteiger partial charge in [-0.3, -0.25) is 20.1 Å². The van der Waals surface area contributed by atoms with E-state index in [1.165, 1.54) is 0 Å². The number of ether oxygens (including phenoxy) is 1. The first kappa shape index (κ1) is 18.5. The average Bonchev–Trinajstić information content (AvgIpc) is 3.22. The maximum Gasteiger partial charge on any atom is 0.416 e. The van der Waals surface area contributed by atoms with Crippen LogP contribution in [0.25, 0.3) is 11.1 Å². The smallest absolute Gasteiger partial charge is 0.416 e. The van der Waals surface area contributed by atoms with Crippen molar-refractivity contribution >= 4 is 23.4 Å². The van der Waals surface area contributed by atoms with Gasteiger partial charge in [0.05, 0.1) is 23.6 Å². The van der Waals surface area contributed by atoms with Crippen LogP contribution in [0, 0.1) is 0 Å². The molecular weight excluding hydrogens is 358 g/mol. The summed E-state index contributed by atoms with van der Waals surface area (Å²) in [5.74, 6) is -0.0493. The van der Waals surface area contributed by atoms with E-state index in [1.54, 1.807) is 29.1 Å². The Hall–Kier alpha value is -2.87. The van der Waals surface area contributed by atoms with Crippen LogP contribution >= 0.6 is 0 Å². The van der Waals surface area contributed by atoms with Gasteiger partial charge in [-0.2, -0.15) is 5.10 Å². The van der Waals surface area contributed by atoms with Crippen LogP contribution in [0.1, 0.15) is 33.1 Å². The highest BCUT2D eigenvalue weighted by Gasteiger charge is 2.35. The predicted octanol–water partition coefficient (Wildman–Crippen LogP) is 2.87. The Balaban J connectivity index is 1.69. The summed E-state index contributed by atoms with van der Waals surface area (Å²) >= 11 is 0. The van der Waals surface area contributed by atoms with Gasteiger partial charge < -0.3 is 9.64 Å². The maximum absolute atomic E-state index is 13.0. The number of amides is 2. The number of nitrogens with one attached hydrogen (secondary N) is 2. The largest absolute Gasteiger partial charge is 0.430 e. The first-order valence-corrected chi connectivity index (χ1v) is 9.69. The number of nitrogens with zero attached hydrogens (tertiary/aromatic N) is 3. The second kappa shape index (κ2) is 7.63. The van der Waals surface area contributed by atoms with Crippen molar-refractivity contribution in [3.63, 3.8) is 0 Å². The van der Waals surface area contributed by atoms with Crippen molar-refractivity contribution in [2.45, 2.75) is 45.4 Å². The Morgan fingerprint density at radius 2 is 2.07 bits per heavy atom. The molecule has 28 heavy (non-hydrogen) atoms. The topological polar surface area (TPSA) is 90.6 Å². The monoisotopic (exact) mass is 383 g/mol. The Bertz CT molecular complexity index is 861. The van der Waals surface area contributed by atoms with Crippen LogP contribution in [-0.4, -0.2) is 47.6 Å². The van der Waals surface area contributed by atoms with E-state index < -0.39 is 0 Å². The number of benzene rings is 1. The van der Waals surface area contributed by atoms with Gasteiger partial charge in [-0.15, -0.1) is 0 Å². The van der Waals surface area contributed by atoms with Crippen molar-refractivity contribution in [1.82, 2.24) is 15.5 Å². The average molecular weight is 383 g/mol. The van der Waals surface area contributed by atoms with Crippen LogP contribution < -0.4 is 15.1 Å². The van der Waals surface area contributed by atoms with E-state index in [-0.39, 0.29) is 24.3 Å². The standard InChI is InChI=1S/C20H25N5O3/c1-13-12-24(20(27)28-19-5-3-4-8-21-19)18-9-15(16-10-22-23-11-16)6-7-17(18)25(13)14(2)26/h6-7,9-11,13,19,21H,3-5,8,12H2,1-2H3,(H,22,23). The molecule has 2 N–H and O–H groups in total. The molecule has 2 aliphatic heterocycles. The molecule has 0 bridgehead atoms. The molecule has 2 atom stereocenters. The van der Waals surface area contributed by atoms with Gasteiger partial charge in [0.1, 0.15) is 0 Å². The minimum absolute atomic E-state index is 0.0493. The number of aromatic amines is 1. The van der Waals surface area contributed by atoms with Crippen molar-refractivity contribution in [3.05, 3.63) is 30.6 Å². The highest BCUT2D eigenvalue weighted by Crippen LogP contribution is 2.39. The molecule has 2 aromatic rings. The van der Waals surface area contributed by atoms with Crippen LogP contribution in [0.4, 0.5) is 16.2 Å². The van der Waals surface area contributed by atoms with Gasteiger partial charge >= 0.3 is 6.09 Å². The number of aromatic nitrogens is 2. The summed E-state index contributed by atoms with van der Waals surface area (Å²) < 4.78 is 5.72. The molecule has 2 amide bonds. The number of H-pyrrole nitrogens is 1. The summed E-state index contributed by atoms with van der Waals surface area (Å²) in [6.45, 7) is 4.72. The second-order valence-electron chi connectivity index (χ2n) is 7.36. The number of hydrogen-bond donors (Lipinski definition) is 2. The Kier molecular flexibility index (Phi) is 5.04. The van der Waals surface area contributed by atoms with Gasteiger partial charge in [-0.1, -0.05) is 6.07 Å². The van der Waals surface area contributed by atoms with E-state index in [4.69, 9.17) is 4.74 Å². The number of carbonyl (C=O) groups excluding carboxylic acids is 2. The number of rotatable bonds is 2. The molecule has 1 aromatic carbocycles. The van der Waals surface area contributed by atoms with Crippen molar-refractivity contribution in [1.29, 1.82) is 0 Å². The number of hydrogen-bond acceptors (Lipinski definition) is 5. The third-order valence-corrected chi connectivity index (χ3v) is 5.31. The van der Waals surface area contributed by atoms with E-state index in [0.717, 1.165) is 36.9 Å². The summed E-state index contributed by atoms with van der Waals surface area (Å²) in [5, 5.41) is 10.0. The highest BCUT2D eigenvalue weighted by molar-refractivity contribution is 6.03. The molecule has 148 valence electrons. The molecule has 0 aliphatic carbocycles. The predicted molar refractivity (Wildman–Crippen MR) is 106 cm³/mol. The first-order valence-electron chi connectivity index (χ1n) is 9.69. The quantitative estimate of drug-likeness (QED) is 0.832. The summed E-state index contributed by atoms with van der Waals surface area (Å²) in [5.41, 5.74) is 3.22. The lowest BCUT2D eigenvalue weighted by molar-refractivity contribution is -0.117. The third-order valence-electron chi connectivity index (χ3n) is 5.31. The molecule has 4 rings (SSSR count). The van der Waals surface area contributed by atoms with Crippen LogP contribution in [0.15, 0.2) is 30.6 Å². The zero-order chi connectivity index (χ0) is 19.7. The summed E-state index contributed by atoms with van der Waals surface area (Å²) in [6.07, 6.45) is 5.83. The molecule has 0 spiro atoms. The van der Waals surface area contributed by atoms with Gasteiger partial charge in [0, 0.05) is 25.2 Å². The van der Waals surface area contributed by atoms with Gasteiger partial charge in [-0.05, 0) is 50.4 Å². The molecule has 0 saturated carbocycles. The number of fused-ring (bicyclic) bond motifs is 1. The summed E-state index contributed by atoms with van der Waals surface area (Å²) in [7, 11) is 0. The van der Waals surface area contributed by atoms with Crippen molar-refractivity contribution in [2.75, 3.05) is 22.9 Å². The fourth-order valence-corrected chi connectivity index (χ4v) is 3.97. The molecule has 8 heteroatoms. The number of anilines is 2. The fraction of sp³-hybridized carbons (Fsp3) is 0.450. The third kappa shape index (κ3) is 3.47. The number of carbonyl (C=O) groups is 2. The normalized spacial score (nSPS) is 21.9. The maximum atomic E-state index is 13.0. The Morgan fingerprint density at radius 3 is 2.75 bits per heavy atom. The van der Waals surface area contributed by atoms with Gasteiger partial charge in [-0.25, -0.2) is 4.79 Å². The molecule has 1 aromatic heterocycles. The van der Waals surface area contributed by atoms with E-state index in [9.17, 15) is 9.59 Å². The number of piperidine rings is 1. The SMILES string of the molecule is CC(=O)N1c2ccc(-c3cn[nH]c3)cc2N(C(=O)OC2CCCCN2)CC1C. The summed E-state index contributed by atoms with van der Waals surface area (Å²) in [6, 6.07) is 5.59. The van der Waals surface area contributed by atoms with E-state index in [1.807, 2.05) is 25.1 Å². The first-order chi connectivity index (χ1) is 13.5.